The summed E-state index contributed by atoms with van der Waals surface area (Å²) in [6.45, 7) is 4.19. The number of rotatable bonds is 4. The zero-order chi connectivity index (χ0) is 13.1. The van der Waals surface area contributed by atoms with Crippen LogP contribution in [0.1, 0.15) is 26.7 Å². The van der Waals surface area contributed by atoms with Gasteiger partial charge in [0.2, 0.25) is 12.7 Å². The van der Waals surface area contributed by atoms with Gasteiger partial charge in [0.1, 0.15) is 0 Å². The van der Waals surface area contributed by atoms with Gasteiger partial charge in [-0.1, -0.05) is 13.8 Å². The SMILES string of the molecule is CCC(CC)C(=O)Nc1cc2c(cc1N)OCO2. The molecule has 0 saturated carbocycles. The monoisotopic (exact) mass is 250 g/mol. The summed E-state index contributed by atoms with van der Waals surface area (Å²) in [5.74, 6) is 1.23. The predicted molar refractivity (Wildman–Crippen MR) is 69.7 cm³/mol. The maximum Gasteiger partial charge on any atom is 0.231 e. The second-order valence-electron chi connectivity index (χ2n) is 4.30. The first-order valence-corrected chi connectivity index (χ1v) is 6.15. The van der Waals surface area contributed by atoms with Crippen LogP contribution in [-0.4, -0.2) is 12.7 Å². The largest absolute Gasteiger partial charge is 0.454 e. The predicted octanol–water partition coefficient (Wildman–Crippen LogP) is 2.37. The van der Waals surface area contributed by atoms with Crippen molar-refractivity contribution in [3.05, 3.63) is 12.1 Å². The van der Waals surface area contributed by atoms with Crippen molar-refractivity contribution in [1.29, 1.82) is 0 Å². The molecule has 5 heteroatoms. The Morgan fingerprint density at radius 1 is 1.33 bits per heavy atom. The Balaban J connectivity index is 2.17. The minimum absolute atomic E-state index is 0.00874. The Morgan fingerprint density at radius 3 is 2.56 bits per heavy atom. The smallest absolute Gasteiger partial charge is 0.231 e. The van der Waals surface area contributed by atoms with Gasteiger partial charge in [-0.05, 0) is 12.8 Å². The highest BCUT2D eigenvalue weighted by molar-refractivity contribution is 5.96. The highest BCUT2D eigenvalue weighted by Gasteiger charge is 2.19. The number of hydrogen-bond acceptors (Lipinski definition) is 4. The first-order chi connectivity index (χ1) is 8.65. The second kappa shape index (κ2) is 5.16. The number of anilines is 2. The van der Waals surface area contributed by atoms with Crippen LogP contribution in [0.2, 0.25) is 0 Å². The van der Waals surface area contributed by atoms with E-state index in [9.17, 15) is 4.79 Å². The summed E-state index contributed by atoms with van der Waals surface area (Å²) in [5.41, 5.74) is 6.94. The fraction of sp³-hybridized carbons (Fsp3) is 0.462. The number of benzene rings is 1. The molecule has 3 N–H and O–H groups in total. The van der Waals surface area contributed by atoms with Gasteiger partial charge in [0.15, 0.2) is 11.5 Å². The molecule has 0 radical (unpaired) electrons. The number of nitrogens with one attached hydrogen (secondary N) is 1. The zero-order valence-corrected chi connectivity index (χ0v) is 10.7. The van der Waals surface area contributed by atoms with E-state index in [1.807, 2.05) is 13.8 Å². The van der Waals surface area contributed by atoms with Crippen LogP contribution >= 0.6 is 0 Å². The fourth-order valence-electron chi connectivity index (χ4n) is 1.96. The van der Waals surface area contributed by atoms with Crippen molar-refractivity contribution < 1.29 is 14.3 Å². The quantitative estimate of drug-likeness (QED) is 0.804. The molecule has 0 spiro atoms. The van der Waals surface area contributed by atoms with Gasteiger partial charge in [-0.15, -0.1) is 0 Å². The minimum Gasteiger partial charge on any atom is -0.454 e. The molecule has 0 atom stereocenters. The molecule has 1 amide bonds. The van der Waals surface area contributed by atoms with E-state index in [-0.39, 0.29) is 18.6 Å². The second-order valence-corrected chi connectivity index (χ2v) is 4.30. The first-order valence-electron chi connectivity index (χ1n) is 6.15. The van der Waals surface area contributed by atoms with Crippen LogP contribution in [0.4, 0.5) is 11.4 Å². The number of nitrogen functional groups attached to an aromatic ring is 1. The van der Waals surface area contributed by atoms with Crippen LogP contribution in [0.15, 0.2) is 12.1 Å². The van der Waals surface area contributed by atoms with Gasteiger partial charge in [-0.25, -0.2) is 0 Å². The normalized spacial score (nSPS) is 12.8. The molecule has 1 aromatic rings. The van der Waals surface area contributed by atoms with Crippen molar-refractivity contribution in [2.45, 2.75) is 26.7 Å². The van der Waals surface area contributed by atoms with Gasteiger partial charge >= 0.3 is 0 Å². The van der Waals surface area contributed by atoms with Crippen molar-refractivity contribution in [3.8, 4) is 11.5 Å². The van der Waals surface area contributed by atoms with E-state index in [1.165, 1.54) is 0 Å². The lowest BCUT2D eigenvalue weighted by molar-refractivity contribution is -0.120. The standard InChI is InChI=1S/C13H18N2O3/c1-3-8(4-2)13(16)15-10-6-12-11(5-9(10)14)17-7-18-12/h5-6,8H,3-4,7,14H2,1-2H3,(H,15,16). The molecular formula is C13H18N2O3. The molecule has 0 bridgehead atoms. The average Bonchev–Trinajstić information content (AvgIpc) is 2.78. The van der Waals surface area contributed by atoms with E-state index in [0.29, 0.717) is 22.9 Å². The molecule has 98 valence electrons. The summed E-state index contributed by atoms with van der Waals surface area (Å²) in [6, 6.07) is 3.38. The van der Waals surface area contributed by atoms with Gasteiger partial charge in [0.25, 0.3) is 0 Å². The number of nitrogens with two attached hydrogens (primary N) is 1. The molecule has 0 aliphatic carbocycles. The number of ether oxygens (including phenoxy) is 2. The van der Waals surface area contributed by atoms with Gasteiger partial charge < -0.3 is 20.5 Å². The van der Waals surface area contributed by atoms with Crippen molar-refractivity contribution in [3.63, 3.8) is 0 Å². The van der Waals surface area contributed by atoms with E-state index < -0.39 is 0 Å². The van der Waals surface area contributed by atoms with Crippen LogP contribution < -0.4 is 20.5 Å². The van der Waals surface area contributed by atoms with Crippen molar-refractivity contribution in [1.82, 2.24) is 0 Å². The minimum atomic E-state index is -0.00874. The summed E-state index contributed by atoms with van der Waals surface area (Å²) in [5, 5.41) is 2.84. The van der Waals surface area contributed by atoms with Gasteiger partial charge in [0.05, 0.1) is 11.4 Å². The number of hydrogen-bond donors (Lipinski definition) is 2. The molecule has 2 rings (SSSR count). The van der Waals surface area contributed by atoms with Crippen molar-refractivity contribution in [2.24, 2.45) is 5.92 Å². The summed E-state index contributed by atoms with van der Waals surface area (Å²) in [6.07, 6.45) is 1.62. The maximum atomic E-state index is 12.0. The highest BCUT2D eigenvalue weighted by atomic mass is 16.7. The molecule has 5 nitrogen and oxygen atoms in total. The Kier molecular flexibility index (Phi) is 3.60. The fourth-order valence-corrected chi connectivity index (χ4v) is 1.96. The maximum absolute atomic E-state index is 12.0. The lowest BCUT2D eigenvalue weighted by Gasteiger charge is -2.14. The summed E-state index contributed by atoms with van der Waals surface area (Å²) >= 11 is 0. The highest BCUT2D eigenvalue weighted by Crippen LogP contribution is 2.38. The van der Waals surface area contributed by atoms with E-state index in [1.54, 1.807) is 12.1 Å². The van der Waals surface area contributed by atoms with Gasteiger partial charge in [-0.3, -0.25) is 4.79 Å². The van der Waals surface area contributed by atoms with Crippen molar-refractivity contribution in [2.75, 3.05) is 17.8 Å². The molecule has 1 aromatic carbocycles. The Labute approximate surface area is 106 Å². The van der Waals surface area contributed by atoms with Crippen LogP contribution in [0, 0.1) is 5.92 Å². The third-order valence-electron chi connectivity index (χ3n) is 3.16. The van der Waals surface area contributed by atoms with Gasteiger partial charge in [-0.2, -0.15) is 0 Å². The molecule has 1 aliphatic heterocycles. The van der Waals surface area contributed by atoms with E-state index in [2.05, 4.69) is 5.32 Å². The molecular weight excluding hydrogens is 232 g/mol. The zero-order valence-electron chi connectivity index (χ0n) is 10.7. The van der Waals surface area contributed by atoms with E-state index >= 15 is 0 Å². The van der Waals surface area contributed by atoms with Crippen LogP contribution in [0.3, 0.4) is 0 Å². The molecule has 0 unspecified atom stereocenters. The molecule has 1 heterocycles. The number of carbonyl (C=O) groups is 1. The summed E-state index contributed by atoms with van der Waals surface area (Å²) in [4.78, 5) is 12.0. The summed E-state index contributed by atoms with van der Waals surface area (Å²) < 4.78 is 10.5. The van der Waals surface area contributed by atoms with Crippen molar-refractivity contribution >= 4 is 17.3 Å². The first kappa shape index (κ1) is 12.5. The molecule has 0 fully saturated rings. The summed E-state index contributed by atoms with van der Waals surface area (Å²) in [7, 11) is 0. The molecule has 0 aromatic heterocycles. The van der Waals surface area contributed by atoms with E-state index in [4.69, 9.17) is 15.2 Å². The number of carbonyl (C=O) groups excluding carboxylic acids is 1. The lowest BCUT2D eigenvalue weighted by Crippen LogP contribution is -2.22. The Morgan fingerprint density at radius 2 is 1.94 bits per heavy atom. The third kappa shape index (κ3) is 2.34. The third-order valence-corrected chi connectivity index (χ3v) is 3.16. The average molecular weight is 250 g/mol. The Bertz CT molecular complexity index is 456. The van der Waals surface area contributed by atoms with E-state index in [0.717, 1.165) is 12.8 Å². The van der Waals surface area contributed by atoms with Crippen LogP contribution in [0.25, 0.3) is 0 Å². The van der Waals surface area contributed by atoms with Gasteiger partial charge in [0, 0.05) is 18.1 Å². The van der Waals surface area contributed by atoms with Crippen LogP contribution in [-0.2, 0) is 4.79 Å². The molecule has 1 aliphatic rings. The molecule has 0 saturated heterocycles. The van der Waals surface area contributed by atoms with Crippen LogP contribution in [0.5, 0.6) is 11.5 Å². The lowest BCUT2D eigenvalue weighted by atomic mass is 10.0. The molecule has 18 heavy (non-hydrogen) atoms. The topological polar surface area (TPSA) is 73.6 Å². The number of fused-ring (bicyclic) bond motifs is 1. The number of amides is 1. The Hall–Kier alpha value is -1.91.